The number of carbonyl (C=O) groups excluding carboxylic acids is 1. The number of benzene rings is 3. The van der Waals surface area contributed by atoms with E-state index in [4.69, 9.17) is 4.98 Å². The number of amides is 1. The summed E-state index contributed by atoms with van der Waals surface area (Å²) < 4.78 is 0. The maximum Gasteiger partial charge on any atom is 0.330 e. The van der Waals surface area contributed by atoms with Crippen LogP contribution in [0.2, 0.25) is 0 Å². The zero-order chi connectivity index (χ0) is 25.6. The molecular formula is C31H25N3O3. The number of fused-ring (bicyclic) bond motifs is 1. The van der Waals surface area contributed by atoms with Crippen LogP contribution in [0, 0.1) is 0 Å². The van der Waals surface area contributed by atoms with Gasteiger partial charge in [-0.05, 0) is 41.7 Å². The summed E-state index contributed by atoms with van der Waals surface area (Å²) in [5.41, 5.74) is 5.01. The number of carboxylic acids is 1. The fourth-order valence-corrected chi connectivity index (χ4v) is 4.54. The summed E-state index contributed by atoms with van der Waals surface area (Å²) in [6, 6.07) is 28.6. The third-order valence-electron chi connectivity index (χ3n) is 6.31. The first-order valence-electron chi connectivity index (χ1n) is 12.1. The predicted molar refractivity (Wildman–Crippen MR) is 143 cm³/mol. The van der Waals surface area contributed by atoms with E-state index in [1.807, 2.05) is 79.0 Å². The largest absolute Gasteiger partial charge is 0.479 e. The van der Waals surface area contributed by atoms with Crippen molar-refractivity contribution in [2.24, 2.45) is 0 Å². The summed E-state index contributed by atoms with van der Waals surface area (Å²) in [4.78, 5) is 35.3. The van der Waals surface area contributed by atoms with Crippen LogP contribution < -0.4 is 5.32 Å². The molecule has 0 saturated carbocycles. The van der Waals surface area contributed by atoms with Crippen molar-refractivity contribution < 1.29 is 14.7 Å². The summed E-state index contributed by atoms with van der Waals surface area (Å²) in [6.45, 7) is 0. The van der Waals surface area contributed by atoms with E-state index < -0.39 is 17.9 Å². The van der Waals surface area contributed by atoms with Gasteiger partial charge in [0, 0.05) is 23.3 Å². The molecule has 0 aliphatic carbocycles. The van der Waals surface area contributed by atoms with Gasteiger partial charge in [0.2, 0.25) is 0 Å². The van der Waals surface area contributed by atoms with Crippen molar-refractivity contribution in [2.75, 3.05) is 0 Å². The molecule has 0 aliphatic rings. The molecule has 6 nitrogen and oxygen atoms in total. The summed E-state index contributed by atoms with van der Waals surface area (Å²) >= 11 is 0. The summed E-state index contributed by atoms with van der Waals surface area (Å²) in [5, 5.41) is 13.4. The number of para-hydroxylation sites is 1. The smallest absolute Gasteiger partial charge is 0.330 e. The van der Waals surface area contributed by atoms with Gasteiger partial charge in [-0.1, -0.05) is 84.9 Å². The van der Waals surface area contributed by atoms with E-state index in [0.29, 0.717) is 40.6 Å². The lowest BCUT2D eigenvalue weighted by Gasteiger charge is -2.20. The number of rotatable bonds is 8. The summed E-state index contributed by atoms with van der Waals surface area (Å²) in [7, 11) is 0. The molecule has 37 heavy (non-hydrogen) atoms. The van der Waals surface area contributed by atoms with Crippen molar-refractivity contribution in [3.05, 3.63) is 132 Å². The number of carbonyl (C=O) groups is 2. The highest BCUT2D eigenvalue weighted by molar-refractivity contribution is 6.10. The van der Waals surface area contributed by atoms with Crippen LogP contribution in [0.15, 0.2) is 109 Å². The number of nitrogens with one attached hydrogen (secondary N) is 1. The van der Waals surface area contributed by atoms with Gasteiger partial charge in [-0.2, -0.15) is 0 Å². The number of aryl methyl sites for hydroxylation is 1. The molecule has 0 aliphatic heterocycles. The highest BCUT2D eigenvalue weighted by Crippen LogP contribution is 2.32. The average Bonchev–Trinajstić information content (AvgIpc) is 2.95. The molecule has 0 bridgehead atoms. The van der Waals surface area contributed by atoms with Crippen LogP contribution in [0.1, 0.15) is 33.1 Å². The predicted octanol–water partition coefficient (Wildman–Crippen LogP) is 5.64. The van der Waals surface area contributed by atoms with Crippen molar-refractivity contribution in [1.29, 1.82) is 0 Å². The van der Waals surface area contributed by atoms with Crippen molar-refractivity contribution >= 4 is 22.8 Å². The van der Waals surface area contributed by atoms with Gasteiger partial charge in [0.25, 0.3) is 5.91 Å². The number of hydrogen-bond acceptors (Lipinski definition) is 4. The Morgan fingerprint density at radius 2 is 1.51 bits per heavy atom. The van der Waals surface area contributed by atoms with Crippen LogP contribution >= 0.6 is 0 Å². The lowest BCUT2D eigenvalue weighted by Crippen LogP contribution is -2.34. The quantitative estimate of drug-likeness (QED) is 0.296. The molecule has 0 radical (unpaired) electrons. The first-order valence-corrected chi connectivity index (χ1v) is 12.1. The zero-order valence-corrected chi connectivity index (χ0v) is 20.0. The lowest BCUT2D eigenvalue weighted by molar-refractivity contribution is -0.139. The Labute approximate surface area is 214 Å². The zero-order valence-electron chi connectivity index (χ0n) is 20.0. The maximum absolute atomic E-state index is 13.9. The monoisotopic (exact) mass is 487 g/mol. The maximum atomic E-state index is 13.9. The minimum atomic E-state index is -1.19. The van der Waals surface area contributed by atoms with Crippen LogP contribution in [0.25, 0.3) is 22.2 Å². The van der Waals surface area contributed by atoms with Gasteiger partial charge in [0.05, 0.1) is 16.8 Å². The second-order valence-electron chi connectivity index (χ2n) is 8.71. The molecule has 182 valence electrons. The number of carboxylic acid groups (broad SMARTS) is 1. The molecule has 6 heteroatoms. The van der Waals surface area contributed by atoms with E-state index in [2.05, 4.69) is 10.3 Å². The lowest BCUT2D eigenvalue weighted by atomic mass is 9.92. The van der Waals surface area contributed by atoms with E-state index in [0.717, 1.165) is 16.7 Å². The van der Waals surface area contributed by atoms with Gasteiger partial charge in [-0.15, -0.1) is 0 Å². The normalized spacial score (nSPS) is 11.7. The Balaban J connectivity index is 1.66. The minimum Gasteiger partial charge on any atom is -0.479 e. The van der Waals surface area contributed by atoms with Crippen LogP contribution in [0.5, 0.6) is 0 Å². The summed E-state index contributed by atoms with van der Waals surface area (Å²) in [5.74, 6) is -1.58. The molecule has 2 aromatic heterocycles. The van der Waals surface area contributed by atoms with Crippen LogP contribution in [-0.2, 0) is 17.6 Å². The number of aliphatic carboxylic acids is 1. The molecule has 0 spiro atoms. The van der Waals surface area contributed by atoms with Crippen molar-refractivity contribution in [2.45, 2.75) is 18.9 Å². The van der Waals surface area contributed by atoms with Gasteiger partial charge in [-0.25, -0.2) is 9.78 Å². The van der Waals surface area contributed by atoms with Crippen LogP contribution in [0.4, 0.5) is 0 Å². The van der Waals surface area contributed by atoms with Crippen molar-refractivity contribution in [3.63, 3.8) is 0 Å². The first kappa shape index (κ1) is 23.9. The van der Waals surface area contributed by atoms with E-state index in [1.165, 1.54) is 0 Å². The Bertz CT molecular complexity index is 1540. The van der Waals surface area contributed by atoms with E-state index >= 15 is 0 Å². The first-order chi connectivity index (χ1) is 18.1. The Morgan fingerprint density at radius 1 is 0.811 bits per heavy atom. The standard InChI is InChI=1S/C31H25N3O3/c35-30(34-29(31(36)37)23-13-5-2-6-14-23)27-24-15-7-8-16-26(24)33-28(22-11-3-1-4-12-22)25(27)18-17-21-10-9-19-32-20-21/h1-16,19-20,29H,17-18H2,(H,34,35)(H,36,37). The molecule has 0 saturated heterocycles. The molecule has 1 unspecified atom stereocenters. The number of pyridine rings is 2. The minimum absolute atomic E-state index is 0.440. The second kappa shape index (κ2) is 10.8. The van der Waals surface area contributed by atoms with Gasteiger partial charge in [-0.3, -0.25) is 9.78 Å². The van der Waals surface area contributed by atoms with E-state index in [1.54, 1.807) is 30.5 Å². The second-order valence-corrected chi connectivity index (χ2v) is 8.71. The molecule has 3 aromatic carbocycles. The SMILES string of the molecule is O=C(NC(C(=O)O)c1ccccc1)c1c(CCc2cccnc2)c(-c2ccccc2)nc2ccccc12. The number of nitrogens with zero attached hydrogens (tertiary/aromatic N) is 2. The van der Waals surface area contributed by atoms with Gasteiger partial charge < -0.3 is 10.4 Å². The average molecular weight is 488 g/mol. The Morgan fingerprint density at radius 3 is 2.22 bits per heavy atom. The third-order valence-corrected chi connectivity index (χ3v) is 6.31. The molecule has 5 rings (SSSR count). The molecule has 1 amide bonds. The highest BCUT2D eigenvalue weighted by Gasteiger charge is 2.27. The van der Waals surface area contributed by atoms with Crippen molar-refractivity contribution in [3.8, 4) is 11.3 Å². The van der Waals surface area contributed by atoms with Gasteiger partial charge in [0.15, 0.2) is 6.04 Å². The third kappa shape index (κ3) is 5.23. The Hall–Kier alpha value is -4.84. The number of hydrogen-bond donors (Lipinski definition) is 2. The molecule has 5 aromatic rings. The highest BCUT2D eigenvalue weighted by atomic mass is 16.4. The van der Waals surface area contributed by atoms with E-state index in [9.17, 15) is 14.7 Å². The fraction of sp³-hybridized carbons (Fsp3) is 0.0968. The Kier molecular flexibility index (Phi) is 6.99. The van der Waals surface area contributed by atoms with Gasteiger partial charge in [0.1, 0.15) is 0 Å². The molecule has 2 heterocycles. The van der Waals surface area contributed by atoms with Crippen LogP contribution in [-0.4, -0.2) is 27.0 Å². The van der Waals surface area contributed by atoms with Crippen molar-refractivity contribution in [1.82, 2.24) is 15.3 Å². The topological polar surface area (TPSA) is 92.2 Å². The molecular weight excluding hydrogens is 462 g/mol. The van der Waals surface area contributed by atoms with E-state index in [-0.39, 0.29) is 0 Å². The summed E-state index contributed by atoms with van der Waals surface area (Å²) in [6.07, 6.45) is 4.71. The van der Waals surface area contributed by atoms with Crippen LogP contribution in [0.3, 0.4) is 0 Å². The molecule has 1 atom stereocenters. The molecule has 2 N–H and O–H groups in total. The number of aromatic nitrogens is 2. The fourth-order valence-electron chi connectivity index (χ4n) is 4.54. The van der Waals surface area contributed by atoms with Gasteiger partial charge >= 0.3 is 5.97 Å². The molecule has 0 fully saturated rings.